The molecule has 1 aliphatic heterocycles. The molecule has 1 saturated heterocycles. The van der Waals surface area contributed by atoms with E-state index in [9.17, 15) is 0 Å². The number of anilines is 1. The highest BCUT2D eigenvalue weighted by Gasteiger charge is 2.22. The van der Waals surface area contributed by atoms with E-state index in [2.05, 4.69) is 27.1 Å². The molecule has 5 nitrogen and oxygen atoms in total. The van der Waals surface area contributed by atoms with Crippen molar-refractivity contribution in [3.63, 3.8) is 0 Å². The van der Waals surface area contributed by atoms with Crippen molar-refractivity contribution in [3.05, 3.63) is 18.0 Å². The highest BCUT2D eigenvalue weighted by Crippen LogP contribution is 2.20. The molecule has 0 atom stereocenters. The minimum absolute atomic E-state index is 0.415. The van der Waals surface area contributed by atoms with Crippen molar-refractivity contribution in [2.45, 2.75) is 51.3 Å². The van der Waals surface area contributed by atoms with Gasteiger partial charge in [0.1, 0.15) is 0 Å². The predicted molar refractivity (Wildman–Crippen MR) is 78.8 cm³/mol. The summed E-state index contributed by atoms with van der Waals surface area (Å²) in [5.41, 5.74) is 1.17. The average molecular weight is 276 g/mol. The fraction of sp³-hybridized carbons (Fsp3) is 0.733. The van der Waals surface area contributed by atoms with E-state index in [0.29, 0.717) is 6.10 Å². The first kappa shape index (κ1) is 13.8. The molecule has 20 heavy (non-hydrogen) atoms. The summed E-state index contributed by atoms with van der Waals surface area (Å²) in [6.45, 7) is 5.74. The van der Waals surface area contributed by atoms with Gasteiger partial charge in [0.05, 0.1) is 6.10 Å². The van der Waals surface area contributed by atoms with Gasteiger partial charge in [0.25, 0.3) is 0 Å². The van der Waals surface area contributed by atoms with Crippen LogP contribution >= 0.6 is 0 Å². The van der Waals surface area contributed by atoms with E-state index in [1.54, 1.807) is 0 Å². The molecule has 0 unspecified atom stereocenters. The van der Waals surface area contributed by atoms with Gasteiger partial charge in [-0.15, -0.1) is 0 Å². The standard InChI is InChI=1S/C15H24N4O/c1-2-20-14-5-7-19(8-6-14)15-17-10-12(11-18-15)9-16-13-3-4-13/h10-11,13-14,16H,2-9H2,1H3. The first-order valence-corrected chi connectivity index (χ1v) is 7.76. The molecule has 0 amide bonds. The summed E-state index contributed by atoms with van der Waals surface area (Å²) in [5, 5.41) is 3.48. The van der Waals surface area contributed by atoms with Crippen LogP contribution in [0.3, 0.4) is 0 Å². The highest BCUT2D eigenvalue weighted by molar-refractivity contribution is 5.30. The lowest BCUT2D eigenvalue weighted by Gasteiger charge is -2.31. The van der Waals surface area contributed by atoms with E-state index in [1.807, 2.05) is 12.4 Å². The van der Waals surface area contributed by atoms with E-state index >= 15 is 0 Å². The second kappa shape index (κ2) is 6.50. The Balaban J connectivity index is 1.49. The smallest absolute Gasteiger partial charge is 0.225 e. The molecule has 2 heterocycles. The topological polar surface area (TPSA) is 50.3 Å². The van der Waals surface area contributed by atoms with Crippen LogP contribution in [0, 0.1) is 0 Å². The lowest BCUT2D eigenvalue weighted by molar-refractivity contribution is 0.0457. The third kappa shape index (κ3) is 3.67. The predicted octanol–water partition coefficient (Wildman–Crippen LogP) is 1.73. The minimum Gasteiger partial charge on any atom is -0.378 e. The fourth-order valence-corrected chi connectivity index (χ4v) is 2.61. The minimum atomic E-state index is 0.415. The third-order valence-electron chi connectivity index (χ3n) is 3.99. The van der Waals surface area contributed by atoms with Crippen molar-refractivity contribution in [1.29, 1.82) is 0 Å². The van der Waals surface area contributed by atoms with E-state index < -0.39 is 0 Å². The molecule has 1 saturated carbocycles. The summed E-state index contributed by atoms with van der Waals surface area (Å²) < 4.78 is 5.67. The van der Waals surface area contributed by atoms with E-state index in [1.165, 1.54) is 18.4 Å². The molecular weight excluding hydrogens is 252 g/mol. The van der Waals surface area contributed by atoms with E-state index in [-0.39, 0.29) is 0 Å². The summed E-state index contributed by atoms with van der Waals surface area (Å²) in [4.78, 5) is 11.3. The van der Waals surface area contributed by atoms with Crippen molar-refractivity contribution >= 4 is 5.95 Å². The van der Waals surface area contributed by atoms with Crippen LogP contribution in [0.1, 0.15) is 38.2 Å². The van der Waals surface area contributed by atoms with Crippen molar-refractivity contribution in [2.75, 3.05) is 24.6 Å². The largest absolute Gasteiger partial charge is 0.378 e. The van der Waals surface area contributed by atoms with Gasteiger partial charge < -0.3 is 15.0 Å². The number of hydrogen-bond donors (Lipinski definition) is 1. The maximum atomic E-state index is 5.67. The second-order valence-corrected chi connectivity index (χ2v) is 5.69. The molecule has 3 rings (SSSR count). The number of piperidine rings is 1. The van der Waals surface area contributed by atoms with Crippen LogP contribution in [0.25, 0.3) is 0 Å². The monoisotopic (exact) mass is 276 g/mol. The van der Waals surface area contributed by atoms with Gasteiger partial charge in [0.15, 0.2) is 0 Å². The van der Waals surface area contributed by atoms with Crippen LogP contribution in [-0.4, -0.2) is 41.8 Å². The number of ether oxygens (including phenoxy) is 1. The second-order valence-electron chi connectivity index (χ2n) is 5.69. The van der Waals surface area contributed by atoms with Gasteiger partial charge in [-0.05, 0) is 32.6 Å². The first-order valence-electron chi connectivity index (χ1n) is 7.76. The van der Waals surface area contributed by atoms with Crippen molar-refractivity contribution in [3.8, 4) is 0 Å². The van der Waals surface area contributed by atoms with Crippen LogP contribution in [-0.2, 0) is 11.3 Å². The summed E-state index contributed by atoms with van der Waals surface area (Å²) in [7, 11) is 0. The Morgan fingerprint density at radius 3 is 2.50 bits per heavy atom. The molecule has 0 bridgehead atoms. The first-order chi connectivity index (χ1) is 9.85. The lowest BCUT2D eigenvalue weighted by atomic mass is 10.1. The van der Waals surface area contributed by atoms with Gasteiger partial charge in [0.2, 0.25) is 5.95 Å². The molecule has 0 radical (unpaired) electrons. The Labute approximate surface area is 120 Å². The van der Waals surface area contributed by atoms with Gasteiger partial charge >= 0.3 is 0 Å². The molecule has 2 fully saturated rings. The van der Waals surface area contributed by atoms with Gasteiger partial charge in [-0.1, -0.05) is 0 Å². The molecule has 1 aromatic rings. The third-order valence-corrected chi connectivity index (χ3v) is 3.99. The Hall–Kier alpha value is -1.20. The summed E-state index contributed by atoms with van der Waals surface area (Å²) >= 11 is 0. The van der Waals surface area contributed by atoms with Crippen LogP contribution in [0.4, 0.5) is 5.95 Å². The zero-order chi connectivity index (χ0) is 13.8. The van der Waals surface area contributed by atoms with Gasteiger partial charge in [0, 0.05) is 50.2 Å². The van der Waals surface area contributed by atoms with Crippen LogP contribution in [0.2, 0.25) is 0 Å². The maximum Gasteiger partial charge on any atom is 0.225 e. The van der Waals surface area contributed by atoms with Crippen molar-refractivity contribution < 1.29 is 4.74 Å². The number of rotatable bonds is 6. The SMILES string of the molecule is CCOC1CCN(c2ncc(CNC3CC3)cn2)CC1. The quantitative estimate of drug-likeness (QED) is 0.857. The Morgan fingerprint density at radius 2 is 1.90 bits per heavy atom. The summed E-state index contributed by atoms with van der Waals surface area (Å²) in [5.74, 6) is 0.857. The highest BCUT2D eigenvalue weighted by atomic mass is 16.5. The molecule has 5 heteroatoms. The Kier molecular flexibility index (Phi) is 4.47. The summed E-state index contributed by atoms with van der Waals surface area (Å²) in [6.07, 6.45) is 9.09. The van der Waals surface area contributed by atoms with Crippen LogP contribution < -0.4 is 10.2 Å². The van der Waals surface area contributed by atoms with Crippen LogP contribution in [0.15, 0.2) is 12.4 Å². The lowest BCUT2D eigenvalue weighted by Crippen LogP contribution is -2.38. The van der Waals surface area contributed by atoms with E-state index in [4.69, 9.17) is 4.74 Å². The zero-order valence-electron chi connectivity index (χ0n) is 12.2. The molecule has 1 N–H and O–H groups in total. The summed E-state index contributed by atoms with van der Waals surface area (Å²) in [6, 6.07) is 0.729. The molecule has 2 aliphatic rings. The number of hydrogen-bond acceptors (Lipinski definition) is 5. The van der Waals surface area contributed by atoms with Gasteiger partial charge in [-0.25, -0.2) is 9.97 Å². The molecule has 0 spiro atoms. The number of aromatic nitrogens is 2. The van der Waals surface area contributed by atoms with Crippen molar-refractivity contribution in [1.82, 2.24) is 15.3 Å². The molecule has 1 aliphatic carbocycles. The molecule has 110 valence electrons. The molecular formula is C15H24N4O. The Morgan fingerprint density at radius 1 is 1.20 bits per heavy atom. The fourth-order valence-electron chi connectivity index (χ4n) is 2.61. The van der Waals surface area contributed by atoms with Crippen LogP contribution in [0.5, 0.6) is 0 Å². The Bertz CT molecular complexity index is 410. The zero-order valence-corrected chi connectivity index (χ0v) is 12.2. The van der Waals surface area contributed by atoms with E-state index in [0.717, 1.165) is 51.1 Å². The van der Waals surface area contributed by atoms with Crippen molar-refractivity contribution in [2.24, 2.45) is 0 Å². The molecule has 1 aromatic heterocycles. The molecule has 0 aromatic carbocycles. The number of nitrogens with zero attached hydrogens (tertiary/aromatic N) is 3. The number of nitrogens with one attached hydrogen (secondary N) is 1. The average Bonchev–Trinajstić information content (AvgIpc) is 3.31. The van der Waals surface area contributed by atoms with Gasteiger partial charge in [-0.3, -0.25) is 0 Å². The normalized spacial score (nSPS) is 20.4. The van der Waals surface area contributed by atoms with Gasteiger partial charge in [-0.2, -0.15) is 0 Å². The maximum absolute atomic E-state index is 5.67.